The number of hydrogen-bond acceptors (Lipinski definition) is 4. The fourth-order valence-corrected chi connectivity index (χ4v) is 4.65. The average Bonchev–Trinajstić information content (AvgIpc) is 3.24. The van der Waals surface area contributed by atoms with Gasteiger partial charge in [-0.3, -0.25) is 9.59 Å². The second-order valence-electron chi connectivity index (χ2n) is 7.29. The van der Waals surface area contributed by atoms with Crippen molar-refractivity contribution in [1.82, 2.24) is 9.80 Å². The summed E-state index contributed by atoms with van der Waals surface area (Å²) in [4.78, 5) is 32.1. The van der Waals surface area contributed by atoms with E-state index in [0.717, 1.165) is 17.7 Å². The molecular weight excluding hydrogens is 358 g/mol. The Bertz CT molecular complexity index is 813. The number of piperazine rings is 1. The molecule has 27 heavy (non-hydrogen) atoms. The van der Waals surface area contributed by atoms with Gasteiger partial charge in [0, 0.05) is 37.9 Å². The highest BCUT2D eigenvalue weighted by Gasteiger charge is 2.29. The van der Waals surface area contributed by atoms with Crippen molar-refractivity contribution in [3.05, 3.63) is 52.2 Å². The Morgan fingerprint density at radius 2 is 1.78 bits per heavy atom. The van der Waals surface area contributed by atoms with E-state index in [1.807, 2.05) is 33.4 Å². The SMILES string of the molecule is CC1CCc2ccccc2N1CC(=O)N1CCN(C(=O)c2cccs2)CC1. The molecule has 3 heterocycles. The number of thiophene rings is 1. The molecule has 0 N–H and O–H groups in total. The van der Waals surface area contributed by atoms with E-state index in [-0.39, 0.29) is 11.8 Å². The average molecular weight is 384 g/mol. The van der Waals surface area contributed by atoms with Crippen molar-refractivity contribution in [2.24, 2.45) is 0 Å². The van der Waals surface area contributed by atoms with Gasteiger partial charge in [0.05, 0.1) is 11.4 Å². The molecule has 2 aliphatic rings. The maximum Gasteiger partial charge on any atom is 0.264 e. The summed E-state index contributed by atoms with van der Waals surface area (Å²) in [6, 6.07) is 12.5. The van der Waals surface area contributed by atoms with Crippen LogP contribution < -0.4 is 4.90 Å². The number of rotatable bonds is 3. The van der Waals surface area contributed by atoms with Crippen molar-refractivity contribution in [2.75, 3.05) is 37.6 Å². The Balaban J connectivity index is 1.37. The van der Waals surface area contributed by atoms with Gasteiger partial charge in [-0.1, -0.05) is 24.3 Å². The van der Waals surface area contributed by atoms with Crippen molar-refractivity contribution in [2.45, 2.75) is 25.8 Å². The summed E-state index contributed by atoms with van der Waals surface area (Å²) in [6.07, 6.45) is 2.15. The first-order valence-electron chi connectivity index (χ1n) is 9.58. The van der Waals surface area contributed by atoms with Gasteiger partial charge in [0.1, 0.15) is 0 Å². The summed E-state index contributed by atoms with van der Waals surface area (Å²) < 4.78 is 0. The molecule has 0 radical (unpaired) electrons. The Morgan fingerprint density at radius 1 is 1.04 bits per heavy atom. The molecule has 5 nitrogen and oxygen atoms in total. The molecule has 1 fully saturated rings. The lowest BCUT2D eigenvalue weighted by atomic mass is 9.96. The van der Waals surface area contributed by atoms with Gasteiger partial charge in [-0.05, 0) is 42.8 Å². The van der Waals surface area contributed by atoms with Crippen LogP contribution in [0, 0.1) is 0 Å². The van der Waals surface area contributed by atoms with Crippen LogP contribution in [0.2, 0.25) is 0 Å². The predicted molar refractivity (Wildman–Crippen MR) is 108 cm³/mol. The smallest absolute Gasteiger partial charge is 0.264 e. The van der Waals surface area contributed by atoms with Crippen LogP contribution in [-0.2, 0) is 11.2 Å². The largest absolute Gasteiger partial charge is 0.359 e. The summed E-state index contributed by atoms with van der Waals surface area (Å²) >= 11 is 1.47. The van der Waals surface area contributed by atoms with Crippen molar-refractivity contribution in [3.8, 4) is 0 Å². The van der Waals surface area contributed by atoms with E-state index >= 15 is 0 Å². The van der Waals surface area contributed by atoms with Gasteiger partial charge < -0.3 is 14.7 Å². The molecule has 0 spiro atoms. The van der Waals surface area contributed by atoms with Gasteiger partial charge >= 0.3 is 0 Å². The number of nitrogens with zero attached hydrogens (tertiary/aromatic N) is 3. The van der Waals surface area contributed by atoms with Gasteiger partial charge in [-0.2, -0.15) is 0 Å². The van der Waals surface area contributed by atoms with Crippen LogP contribution in [-0.4, -0.2) is 60.4 Å². The molecule has 1 unspecified atom stereocenters. The molecule has 0 saturated carbocycles. The normalized spacial score (nSPS) is 19.7. The second-order valence-corrected chi connectivity index (χ2v) is 8.24. The molecule has 142 valence electrons. The van der Waals surface area contributed by atoms with Crippen molar-refractivity contribution in [3.63, 3.8) is 0 Å². The van der Waals surface area contributed by atoms with Crippen molar-refractivity contribution < 1.29 is 9.59 Å². The first kappa shape index (κ1) is 18.0. The van der Waals surface area contributed by atoms with Crippen LogP contribution in [0.4, 0.5) is 5.69 Å². The molecule has 4 rings (SSSR count). The zero-order valence-electron chi connectivity index (χ0n) is 15.6. The fourth-order valence-electron chi connectivity index (χ4n) is 3.96. The van der Waals surface area contributed by atoms with Crippen molar-refractivity contribution in [1.29, 1.82) is 0 Å². The number of para-hydroxylation sites is 1. The van der Waals surface area contributed by atoms with E-state index in [0.29, 0.717) is 38.8 Å². The van der Waals surface area contributed by atoms with E-state index in [2.05, 4.69) is 30.0 Å². The molecule has 1 aromatic heterocycles. The lowest BCUT2D eigenvalue weighted by molar-refractivity contribution is -0.131. The highest BCUT2D eigenvalue weighted by molar-refractivity contribution is 7.12. The Morgan fingerprint density at radius 3 is 2.52 bits per heavy atom. The maximum atomic E-state index is 12.9. The van der Waals surface area contributed by atoms with Crippen LogP contribution in [0.1, 0.15) is 28.6 Å². The highest BCUT2D eigenvalue weighted by Crippen LogP contribution is 2.30. The number of aryl methyl sites for hydroxylation is 1. The number of carbonyl (C=O) groups is 2. The molecule has 6 heteroatoms. The van der Waals surface area contributed by atoms with Crippen LogP contribution in [0.15, 0.2) is 41.8 Å². The third kappa shape index (κ3) is 3.72. The van der Waals surface area contributed by atoms with E-state index in [1.165, 1.54) is 22.6 Å². The lowest BCUT2D eigenvalue weighted by Gasteiger charge is -2.39. The quantitative estimate of drug-likeness (QED) is 0.819. The molecule has 2 aromatic rings. The standard InChI is InChI=1S/C21H25N3O2S/c1-16-8-9-17-5-2-3-6-18(17)24(16)15-20(25)22-10-12-23(13-11-22)21(26)19-7-4-14-27-19/h2-7,14,16H,8-13,15H2,1H3. The third-order valence-electron chi connectivity index (χ3n) is 5.62. The summed E-state index contributed by atoms with van der Waals surface area (Å²) in [5.74, 6) is 0.234. The molecule has 0 aliphatic carbocycles. The Hall–Kier alpha value is -2.34. The summed E-state index contributed by atoms with van der Waals surface area (Å²) in [7, 11) is 0. The zero-order chi connectivity index (χ0) is 18.8. The molecule has 0 bridgehead atoms. The van der Waals surface area contributed by atoms with Gasteiger partial charge in [0.15, 0.2) is 0 Å². The molecule has 1 aromatic carbocycles. The first-order valence-corrected chi connectivity index (χ1v) is 10.5. The topological polar surface area (TPSA) is 43.9 Å². The van der Waals surface area contributed by atoms with Gasteiger partial charge in [0.25, 0.3) is 5.91 Å². The second kappa shape index (κ2) is 7.72. The molecule has 2 aliphatic heterocycles. The summed E-state index contributed by atoms with van der Waals surface area (Å²) in [6.45, 7) is 5.04. The van der Waals surface area contributed by atoms with E-state index in [9.17, 15) is 9.59 Å². The van der Waals surface area contributed by atoms with E-state index in [4.69, 9.17) is 0 Å². The summed E-state index contributed by atoms with van der Waals surface area (Å²) in [5.41, 5.74) is 2.52. The van der Waals surface area contributed by atoms with E-state index < -0.39 is 0 Å². The predicted octanol–water partition coefficient (Wildman–Crippen LogP) is 2.87. The number of carbonyl (C=O) groups excluding carboxylic acids is 2. The Kier molecular flexibility index (Phi) is 5.16. The minimum absolute atomic E-state index is 0.0793. The van der Waals surface area contributed by atoms with Gasteiger partial charge in [0.2, 0.25) is 5.91 Å². The number of benzene rings is 1. The van der Waals surface area contributed by atoms with Crippen LogP contribution in [0.5, 0.6) is 0 Å². The van der Waals surface area contributed by atoms with Crippen LogP contribution >= 0.6 is 11.3 Å². The highest BCUT2D eigenvalue weighted by atomic mass is 32.1. The Labute approximate surface area is 164 Å². The third-order valence-corrected chi connectivity index (χ3v) is 6.48. The monoisotopic (exact) mass is 383 g/mol. The molecule has 2 amide bonds. The van der Waals surface area contributed by atoms with Gasteiger partial charge in [-0.15, -0.1) is 11.3 Å². The summed E-state index contributed by atoms with van der Waals surface area (Å²) in [5, 5.41) is 1.92. The zero-order valence-corrected chi connectivity index (χ0v) is 16.5. The molecule has 1 atom stereocenters. The van der Waals surface area contributed by atoms with Gasteiger partial charge in [-0.25, -0.2) is 0 Å². The molecular formula is C21H25N3O2S. The molecule has 1 saturated heterocycles. The number of amides is 2. The number of anilines is 1. The van der Waals surface area contributed by atoms with Crippen molar-refractivity contribution >= 4 is 28.8 Å². The fraction of sp³-hybridized carbons (Fsp3) is 0.429. The first-order chi connectivity index (χ1) is 13.1. The van der Waals surface area contributed by atoms with E-state index in [1.54, 1.807) is 0 Å². The minimum atomic E-state index is 0.0793. The number of fused-ring (bicyclic) bond motifs is 1. The van der Waals surface area contributed by atoms with Crippen LogP contribution in [0.25, 0.3) is 0 Å². The lowest BCUT2D eigenvalue weighted by Crippen LogP contribution is -2.53. The maximum absolute atomic E-state index is 12.9. The number of hydrogen-bond donors (Lipinski definition) is 0. The minimum Gasteiger partial charge on any atom is -0.359 e. The van der Waals surface area contributed by atoms with Crippen LogP contribution in [0.3, 0.4) is 0 Å².